The van der Waals surface area contributed by atoms with E-state index < -0.39 is 11.0 Å². The average Bonchev–Trinajstić information content (AvgIpc) is 2.81. The van der Waals surface area contributed by atoms with E-state index >= 15 is 0 Å². The largest absolute Gasteiger partial charge is 0.321 e. The molecular weight excluding hydrogens is 415 g/mol. The highest BCUT2D eigenvalue weighted by atomic mass is 32.2. The molecule has 1 unspecified atom stereocenters. The molecule has 0 saturated heterocycles. The molecule has 0 amide bonds. The van der Waals surface area contributed by atoms with Gasteiger partial charge in [0.25, 0.3) is 0 Å². The minimum Gasteiger partial charge on any atom is -0.321 e. The third-order valence-corrected chi connectivity index (χ3v) is 5.98. The number of nitrogens with two attached hydrogens (primary N) is 2. The minimum atomic E-state index is -1.58. The maximum absolute atomic E-state index is 14.3. The van der Waals surface area contributed by atoms with Gasteiger partial charge in [0, 0.05) is 24.2 Å². The number of amidine groups is 1. The second kappa shape index (κ2) is 10.4. The van der Waals surface area contributed by atoms with Crippen molar-refractivity contribution in [2.75, 3.05) is 0 Å². The summed E-state index contributed by atoms with van der Waals surface area (Å²) in [5.74, 6) is 10.7. The van der Waals surface area contributed by atoms with E-state index in [1.165, 1.54) is 6.07 Å². The summed E-state index contributed by atoms with van der Waals surface area (Å²) in [6.45, 7) is 0.438. The predicted octanol–water partition coefficient (Wildman–Crippen LogP) is 2.51. The lowest BCUT2D eigenvalue weighted by Gasteiger charge is -2.22. The predicted molar refractivity (Wildman–Crippen MR) is 118 cm³/mol. The van der Waals surface area contributed by atoms with Crippen LogP contribution in [0.2, 0.25) is 0 Å². The van der Waals surface area contributed by atoms with Crippen molar-refractivity contribution >= 4 is 16.8 Å². The van der Waals surface area contributed by atoms with Crippen molar-refractivity contribution in [3.8, 4) is 6.07 Å². The van der Waals surface area contributed by atoms with Crippen molar-refractivity contribution in [3.63, 3.8) is 0 Å². The highest BCUT2D eigenvalue weighted by molar-refractivity contribution is 7.82. The fourth-order valence-electron chi connectivity index (χ4n) is 2.95. The van der Waals surface area contributed by atoms with Gasteiger partial charge in [-0.3, -0.25) is 0 Å². The lowest BCUT2D eigenvalue weighted by atomic mass is 10.1. The number of hydrazone groups is 1. The summed E-state index contributed by atoms with van der Waals surface area (Å²) in [6.07, 6.45) is 0. The summed E-state index contributed by atoms with van der Waals surface area (Å²) in [5.41, 5.74) is 4.88. The summed E-state index contributed by atoms with van der Waals surface area (Å²) in [7, 11) is -1.58. The Balaban J connectivity index is 1.89. The summed E-state index contributed by atoms with van der Waals surface area (Å²) in [6, 6.07) is 22.2. The Morgan fingerprint density at radius 1 is 1.06 bits per heavy atom. The summed E-state index contributed by atoms with van der Waals surface area (Å²) in [5, 5.41) is 12.6. The van der Waals surface area contributed by atoms with Crippen LogP contribution in [0.4, 0.5) is 4.39 Å². The van der Waals surface area contributed by atoms with Gasteiger partial charge in [-0.15, -0.1) is 0 Å². The lowest BCUT2D eigenvalue weighted by molar-refractivity contribution is 0.424. The maximum Gasteiger partial charge on any atom is 0.166 e. The molecule has 0 radical (unpaired) electrons. The number of hydrazine groups is 1. The van der Waals surface area contributed by atoms with Crippen LogP contribution < -0.4 is 17.1 Å². The molecule has 0 aliphatic heterocycles. The van der Waals surface area contributed by atoms with Crippen LogP contribution in [-0.2, 0) is 24.1 Å². The van der Waals surface area contributed by atoms with Crippen LogP contribution in [0.3, 0.4) is 0 Å². The second-order valence-corrected chi connectivity index (χ2v) is 8.08. The van der Waals surface area contributed by atoms with Crippen LogP contribution in [0.15, 0.2) is 82.8 Å². The molecule has 5 N–H and O–H groups in total. The Hall–Kier alpha value is -3.58. The van der Waals surface area contributed by atoms with Gasteiger partial charge >= 0.3 is 0 Å². The van der Waals surface area contributed by atoms with Gasteiger partial charge in [-0.1, -0.05) is 42.5 Å². The van der Waals surface area contributed by atoms with Gasteiger partial charge in [0.15, 0.2) is 5.84 Å². The Labute approximate surface area is 182 Å². The number of nitriles is 1. The molecular formula is C22H21FN6OS. The second-order valence-electron chi connectivity index (χ2n) is 6.59. The molecule has 3 rings (SSSR count). The van der Waals surface area contributed by atoms with Crippen molar-refractivity contribution in [1.82, 2.24) is 9.73 Å². The molecule has 0 bridgehead atoms. The van der Waals surface area contributed by atoms with Crippen LogP contribution in [0, 0.1) is 17.1 Å². The highest BCUT2D eigenvalue weighted by Gasteiger charge is 2.18. The van der Waals surface area contributed by atoms with Gasteiger partial charge in [-0.2, -0.15) is 10.4 Å². The van der Waals surface area contributed by atoms with Crippen molar-refractivity contribution in [2.24, 2.45) is 16.8 Å². The fourth-order valence-corrected chi connectivity index (χ4v) is 4.14. The topological polar surface area (TPSA) is 121 Å². The molecule has 0 spiro atoms. The molecule has 0 aliphatic rings. The van der Waals surface area contributed by atoms with Gasteiger partial charge in [0.05, 0.1) is 16.5 Å². The Morgan fingerprint density at radius 3 is 2.32 bits per heavy atom. The number of nitrogens with zero attached hydrogens (tertiary/aromatic N) is 3. The fraction of sp³-hybridized carbons (Fsp3) is 0.0909. The molecule has 3 aromatic carbocycles. The molecule has 31 heavy (non-hydrogen) atoms. The van der Waals surface area contributed by atoms with Crippen LogP contribution in [0.25, 0.3) is 0 Å². The third kappa shape index (κ3) is 5.52. The van der Waals surface area contributed by atoms with Gasteiger partial charge in [0.2, 0.25) is 0 Å². The highest BCUT2D eigenvalue weighted by Crippen LogP contribution is 2.20. The smallest absolute Gasteiger partial charge is 0.166 e. The van der Waals surface area contributed by atoms with E-state index in [1.54, 1.807) is 58.9 Å². The van der Waals surface area contributed by atoms with E-state index in [9.17, 15) is 8.60 Å². The first-order valence-corrected chi connectivity index (χ1v) is 10.4. The molecule has 7 nitrogen and oxygen atoms in total. The third-order valence-electron chi connectivity index (χ3n) is 4.58. The Morgan fingerprint density at radius 2 is 1.74 bits per heavy atom. The zero-order valence-electron chi connectivity index (χ0n) is 16.5. The molecule has 0 saturated carbocycles. The first kappa shape index (κ1) is 22.1. The number of benzene rings is 3. The van der Waals surface area contributed by atoms with Gasteiger partial charge in [-0.25, -0.2) is 18.7 Å². The van der Waals surface area contributed by atoms with E-state index in [4.69, 9.17) is 16.9 Å². The van der Waals surface area contributed by atoms with Crippen LogP contribution >= 0.6 is 0 Å². The Bertz CT molecular complexity index is 1130. The lowest BCUT2D eigenvalue weighted by Crippen LogP contribution is -2.32. The van der Waals surface area contributed by atoms with E-state index in [0.29, 0.717) is 34.0 Å². The zero-order chi connectivity index (χ0) is 22.2. The molecule has 3 aromatic rings. The molecule has 0 aromatic heterocycles. The standard InChI is InChI=1S/C22H21FN6OS/c23-21-4-2-1-3-19(21)15-29(31(30)20-11-7-16(13-24)8-12-20)14-17-5-9-18(10-6-17)22(27-25)28-26/h1-12H,14-15,25-26H2,(H,27,28). The molecule has 9 heteroatoms. The van der Waals surface area contributed by atoms with Crippen LogP contribution in [-0.4, -0.2) is 14.3 Å². The Kier molecular flexibility index (Phi) is 7.45. The maximum atomic E-state index is 14.3. The number of nitrogens with one attached hydrogen (secondary N) is 1. The zero-order valence-corrected chi connectivity index (χ0v) is 17.3. The summed E-state index contributed by atoms with van der Waals surface area (Å²) >= 11 is 0. The molecule has 0 heterocycles. The minimum absolute atomic E-state index is 0.140. The van der Waals surface area contributed by atoms with E-state index in [1.807, 2.05) is 18.2 Å². The van der Waals surface area contributed by atoms with Gasteiger partial charge in [0.1, 0.15) is 16.8 Å². The SMILES string of the molecule is N#Cc1ccc(S(=O)N(Cc2ccc(/C(=N/N)NN)cc2)Cc2ccccc2F)cc1. The molecule has 0 fully saturated rings. The monoisotopic (exact) mass is 436 g/mol. The van der Waals surface area contributed by atoms with Crippen molar-refractivity contribution in [2.45, 2.75) is 18.0 Å². The molecule has 0 aliphatic carbocycles. The summed E-state index contributed by atoms with van der Waals surface area (Å²) in [4.78, 5) is 0.525. The van der Waals surface area contributed by atoms with Crippen LogP contribution in [0.5, 0.6) is 0 Å². The van der Waals surface area contributed by atoms with Crippen molar-refractivity contribution in [1.29, 1.82) is 5.26 Å². The van der Waals surface area contributed by atoms with E-state index in [2.05, 4.69) is 10.5 Å². The van der Waals surface area contributed by atoms with E-state index in [-0.39, 0.29) is 12.4 Å². The number of halogens is 1. The first-order valence-electron chi connectivity index (χ1n) is 9.30. The van der Waals surface area contributed by atoms with Crippen molar-refractivity contribution < 1.29 is 8.60 Å². The van der Waals surface area contributed by atoms with Gasteiger partial charge in [-0.05, 0) is 35.9 Å². The molecule has 1 atom stereocenters. The average molecular weight is 437 g/mol. The quantitative estimate of drug-likeness (QED) is 0.227. The molecule has 158 valence electrons. The normalized spacial score (nSPS) is 12.4. The van der Waals surface area contributed by atoms with Crippen LogP contribution in [0.1, 0.15) is 22.3 Å². The number of rotatable bonds is 7. The first-order chi connectivity index (χ1) is 15.0. The van der Waals surface area contributed by atoms with Crippen molar-refractivity contribution in [3.05, 3.63) is 101 Å². The number of hydrogen-bond acceptors (Lipinski definition) is 5. The van der Waals surface area contributed by atoms with E-state index in [0.717, 1.165) is 5.56 Å². The summed E-state index contributed by atoms with van der Waals surface area (Å²) < 4.78 is 29.2. The number of hydrogen-bond donors (Lipinski definition) is 3. The van der Waals surface area contributed by atoms with Gasteiger partial charge < -0.3 is 11.3 Å².